The normalized spacial score (nSPS) is 19.8. The van der Waals surface area contributed by atoms with Crippen molar-refractivity contribution < 1.29 is 0 Å². The second-order valence-electron chi connectivity index (χ2n) is 0.953. The molecule has 6 heavy (non-hydrogen) atoms. The average molecular weight is 122 g/mol. The first-order valence-corrected chi connectivity index (χ1v) is 2.92. The van der Waals surface area contributed by atoms with Crippen molar-refractivity contribution in [2.24, 2.45) is 0 Å². The Kier molecular flexibility index (Phi) is 1.27. The average Bonchev–Trinajstić information content (AvgIpc) is 1.86. The van der Waals surface area contributed by atoms with E-state index in [0.717, 1.165) is 5.75 Å². The smallest absolute Gasteiger partial charge is 0.0345 e. The summed E-state index contributed by atoms with van der Waals surface area (Å²) >= 11 is 7.01. The molecule has 1 heterocycles. The highest BCUT2D eigenvalue weighted by Crippen LogP contribution is 2.18. The van der Waals surface area contributed by atoms with Crippen LogP contribution in [-0.2, 0) is 0 Å². The Morgan fingerprint density at radius 2 is 2.67 bits per heavy atom. The highest BCUT2D eigenvalue weighted by atomic mass is 35.5. The van der Waals surface area contributed by atoms with E-state index in [1.807, 2.05) is 12.3 Å². The van der Waals surface area contributed by atoms with E-state index in [1.54, 1.807) is 15.8 Å². The molecule has 0 fully saturated rings. The predicted molar refractivity (Wildman–Crippen MR) is 29.3 cm³/mol. The molecule has 0 unspecified atom stereocenters. The second-order valence-corrected chi connectivity index (χ2v) is 2.50. The van der Waals surface area contributed by atoms with Crippen molar-refractivity contribution in [2.75, 3.05) is 5.75 Å². The van der Waals surface area contributed by atoms with E-state index < -0.39 is 0 Å². The van der Waals surface area contributed by atoms with E-state index in [4.69, 9.17) is 11.8 Å². The minimum absolute atomic E-state index is 1.02. The van der Waals surface area contributed by atoms with Crippen LogP contribution >= 0.6 is 23.7 Å². The Labute approximate surface area is 46.2 Å². The van der Waals surface area contributed by atoms with Crippen LogP contribution in [0.1, 0.15) is 0 Å². The highest BCUT2D eigenvalue weighted by molar-refractivity contribution is 7.98. The number of halogens is 1. The Hall–Kier alpha value is 0.180. The molecule has 0 saturated heterocycles. The molecule has 1 aliphatic heterocycles. The molecule has 0 aromatic rings. The van der Waals surface area contributed by atoms with Crippen LogP contribution in [0, 0.1) is 0 Å². The van der Waals surface area contributed by atoms with Gasteiger partial charge < -0.3 is 0 Å². The van der Waals surface area contributed by atoms with Gasteiger partial charge in [-0.1, -0.05) is 6.08 Å². The number of hydrogen-bond donors (Lipinski definition) is 0. The van der Waals surface area contributed by atoms with Gasteiger partial charge in [-0.25, -0.2) is 3.82 Å². The molecule has 0 N–H and O–H groups in total. The molecule has 0 aromatic carbocycles. The van der Waals surface area contributed by atoms with Gasteiger partial charge in [0.1, 0.15) is 0 Å². The summed E-state index contributed by atoms with van der Waals surface area (Å²) in [5.74, 6) is 1.02. The maximum atomic E-state index is 5.42. The minimum Gasteiger partial charge on any atom is -0.234 e. The molecule has 0 saturated carbocycles. The van der Waals surface area contributed by atoms with E-state index in [2.05, 4.69) is 0 Å². The molecule has 0 atom stereocenters. The van der Waals surface area contributed by atoms with Crippen LogP contribution in [0.4, 0.5) is 0 Å². The van der Waals surface area contributed by atoms with Crippen LogP contribution in [0.2, 0.25) is 0 Å². The van der Waals surface area contributed by atoms with E-state index in [-0.39, 0.29) is 0 Å². The summed E-state index contributed by atoms with van der Waals surface area (Å²) in [6, 6.07) is 0. The number of nitrogens with zero attached hydrogens (tertiary/aromatic N) is 1. The van der Waals surface area contributed by atoms with E-state index in [9.17, 15) is 0 Å². The Bertz CT molecular complexity index is 73.2. The summed E-state index contributed by atoms with van der Waals surface area (Å²) in [6.45, 7) is 0. The van der Waals surface area contributed by atoms with E-state index in [0.29, 0.717) is 0 Å². The minimum atomic E-state index is 1.02. The van der Waals surface area contributed by atoms with Crippen molar-refractivity contribution in [1.29, 1.82) is 0 Å². The van der Waals surface area contributed by atoms with Gasteiger partial charge in [-0.2, -0.15) is 0 Å². The summed E-state index contributed by atoms with van der Waals surface area (Å²) in [6.07, 6.45) is 3.85. The van der Waals surface area contributed by atoms with Crippen molar-refractivity contribution in [1.82, 2.24) is 3.82 Å². The molecule has 0 amide bonds. The molecule has 1 rings (SSSR count). The molecule has 0 aliphatic carbocycles. The summed E-state index contributed by atoms with van der Waals surface area (Å²) in [5, 5.41) is 0. The van der Waals surface area contributed by atoms with Gasteiger partial charge >= 0.3 is 0 Å². The van der Waals surface area contributed by atoms with Gasteiger partial charge in [0, 0.05) is 23.7 Å². The second kappa shape index (κ2) is 1.76. The molecular weight excluding hydrogens is 118 g/mol. The monoisotopic (exact) mass is 121 g/mol. The summed E-state index contributed by atoms with van der Waals surface area (Å²) in [7, 11) is 0. The first-order chi connectivity index (χ1) is 2.89. The van der Waals surface area contributed by atoms with Crippen LogP contribution < -0.4 is 0 Å². The van der Waals surface area contributed by atoms with Crippen LogP contribution in [0.25, 0.3) is 0 Å². The van der Waals surface area contributed by atoms with Crippen molar-refractivity contribution in [3.63, 3.8) is 0 Å². The SMILES string of the molecule is ClN1C=CCS1. The highest BCUT2D eigenvalue weighted by Gasteiger charge is 1.97. The first kappa shape index (κ1) is 4.34. The third kappa shape index (κ3) is 0.820. The van der Waals surface area contributed by atoms with E-state index in [1.165, 1.54) is 0 Å². The maximum absolute atomic E-state index is 5.42. The summed E-state index contributed by atoms with van der Waals surface area (Å²) in [5.41, 5.74) is 0. The van der Waals surface area contributed by atoms with E-state index >= 15 is 0 Å². The van der Waals surface area contributed by atoms with Gasteiger partial charge in [0.2, 0.25) is 0 Å². The standard InChI is InChI=1S/C3H4ClNS/c4-5-2-1-3-6-5/h1-2H,3H2. The zero-order valence-corrected chi connectivity index (χ0v) is 4.67. The quantitative estimate of drug-likeness (QED) is 0.354. The fourth-order valence-corrected chi connectivity index (χ4v) is 1.02. The predicted octanol–water partition coefficient (Wildman–Crippen LogP) is 1.62. The third-order valence-electron chi connectivity index (χ3n) is 0.517. The van der Waals surface area contributed by atoms with Gasteiger partial charge in [-0.15, -0.1) is 0 Å². The van der Waals surface area contributed by atoms with Crippen molar-refractivity contribution in [2.45, 2.75) is 0 Å². The van der Waals surface area contributed by atoms with Gasteiger partial charge in [0.25, 0.3) is 0 Å². The molecule has 34 valence electrons. The van der Waals surface area contributed by atoms with Gasteiger partial charge in [0.05, 0.1) is 0 Å². The summed E-state index contributed by atoms with van der Waals surface area (Å²) < 4.78 is 1.57. The first-order valence-electron chi connectivity index (χ1n) is 1.64. The third-order valence-corrected chi connectivity index (χ3v) is 1.63. The molecule has 0 spiro atoms. The maximum Gasteiger partial charge on any atom is 0.0345 e. The van der Waals surface area contributed by atoms with Crippen LogP contribution in [0.3, 0.4) is 0 Å². The molecule has 0 aromatic heterocycles. The zero-order valence-electron chi connectivity index (χ0n) is 3.10. The van der Waals surface area contributed by atoms with Gasteiger partial charge in [0.15, 0.2) is 0 Å². The van der Waals surface area contributed by atoms with Crippen LogP contribution in [0.5, 0.6) is 0 Å². The lowest BCUT2D eigenvalue weighted by Crippen LogP contribution is -1.79. The molecular formula is C3H4ClNS. The molecule has 1 nitrogen and oxygen atoms in total. The fraction of sp³-hybridized carbons (Fsp3) is 0.333. The zero-order chi connectivity index (χ0) is 4.41. The van der Waals surface area contributed by atoms with Crippen molar-refractivity contribution in [3.05, 3.63) is 12.3 Å². The molecule has 3 heteroatoms. The van der Waals surface area contributed by atoms with Gasteiger partial charge in [-0.3, -0.25) is 0 Å². The van der Waals surface area contributed by atoms with Gasteiger partial charge in [-0.05, 0) is 11.9 Å². The molecule has 0 bridgehead atoms. The molecule has 1 aliphatic rings. The lowest BCUT2D eigenvalue weighted by atomic mass is 10.7. The van der Waals surface area contributed by atoms with Crippen LogP contribution in [-0.4, -0.2) is 9.58 Å². The number of rotatable bonds is 0. The Morgan fingerprint density at radius 3 is 2.83 bits per heavy atom. The van der Waals surface area contributed by atoms with Crippen LogP contribution in [0.15, 0.2) is 12.3 Å². The largest absolute Gasteiger partial charge is 0.234 e. The lowest BCUT2D eigenvalue weighted by molar-refractivity contribution is 1.04. The number of hydrogen-bond acceptors (Lipinski definition) is 2. The Morgan fingerprint density at radius 1 is 1.83 bits per heavy atom. The summed E-state index contributed by atoms with van der Waals surface area (Å²) in [4.78, 5) is 0. The van der Waals surface area contributed by atoms with Crippen molar-refractivity contribution >= 4 is 23.7 Å². The Balaban J connectivity index is 2.38. The topological polar surface area (TPSA) is 3.24 Å². The molecule has 0 radical (unpaired) electrons. The lowest BCUT2D eigenvalue weighted by Gasteiger charge is -1.95. The fourth-order valence-electron chi connectivity index (χ4n) is 0.283. The van der Waals surface area contributed by atoms with Crippen molar-refractivity contribution in [3.8, 4) is 0 Å².